The van der Waals surface area contributed by atoms with E-state index >= 15 is 0 Å². The number of aromatic nitrogens is 2. The van der Waals surface area contributed by atoms with Crippen LogP contribution >= 0.6 is 0 Å². The number of nitrogen functional groups attached to an aromatic ring is 1. The first-order valence-corrected chi connectivity index (χ1v) is 7.17. The van der Waals surface area contributed by atoms with Crippen LogP contribution in [0.5, 0.6) is 0 Å². The summed E-state index contributed by atoms with van der Waals surface area (Å²) in [6.07, 6.45) is 2.06. The van der Waals surface area contributed by atoms with Crippen molar-refractivity contribution in [3.8, 4) is 0 Å². The molecular formula is C15H20F2N4. The lowest BCUT2D eigenvalue weighted by atomic mass is 9.80. The summed E-state index contributed by atoms with van der Waals surface area (Å²) >= 11 is 0. The molecule has 1 aromatic carbocycles. The van der Waals surface area contributed by atoms with Gasteiger partial charge in [0.2, 0.25) is 5.95 Å². The predicted octanol–water partition coefficient (Wildman–Crippen LogP) is 2.63. The third kappa shape index (κ3) is 2.60. The SMILES string of the molecule is CN1CCC(C)(Cn2c(N)nc3c(F)cc(F)cc32)CC1. The van der Waals surface area contributed by atoms with Crippen molar-refractivity contribution in [2.75, 3.05) is 25.9 Å². The first-order valence-electron chi connectivity index (χ1n) is 7.17. The van der Waals surface area contributed by atoms with Gasteiger partial charge in [0, 0.05) is 18.7 Å². The normalized spacial score (nSPS) is 19.2. The molecule has 6 heteroatoms. The Bertz CT molecular complexity index is 672. The van der Waals surface area contributed by atoms with Crippen LogP contribution in [-0.4, -0.2) is 34.6 Å². The molecule has 1 aliphatic heterocycles. The summed E-state index contributed by atoms with van der Waals surface area (Å²) in [7, 11) is 2.10. The lowest BCUT2D eigenvalue weighted by Gasteiger charge is -2.38. The highest BCUT2D eigenvalue weighted by Gasteiger charge is 2.30. The summed E-state index contributed by atoms with van der Waals surface area (Å²) in [4.78, 5) is 6.34. The van der Waals surface area contributed by atoms with Crippen molar-refractivity contribution in [2.24, 2.45) is 5.41 Å². The predicted molar refractivity (Wildman–Crippen MR) is 78.9 cm³/mol. The highest BCUT2D eigenvalue weighted by molar-refractivity contribution is 5.79. The maximum atomic E-state index is 13.8. The smallest absolute Gasteiger partial charge is 0.201 e. The Labute approximate surface area is 122 Å². The van der Waals surface area contributed by atoms with Gasteiger partial charge in [-0.05, 0) is 38.4 Å². The van der Waals surface area contributed by atoms with Crippen LogP contribution < -0.4 is 5.73 Å². The molecule has 114 valence electrons. The van der Waals surface area contributed by atoms with E-state index < -0.39 is 11.6 Å². The molecule has 0 unspecified atom stereocenters. The van der Waals surface area contributed by atoms with E-state index in [1.807, 2.05) is 0 Å². The average molecular weight is 294 g/mol. The van der Waals surface area contributed by atoms with E-state index in [2.05, 4.69) is 23.9 Å². The van der Waals surface area contributed by atoms with Gasteiger partial charge in [-0.2, -0.15) is 0 Å². The number of rotatable bonds is 2. The standard InChI is InChI=1S/C15H20F2N4/c1-15(3-5-20(2)6-4-15)9-21-12-8-10(16)7-11(17)13(12)19-14(21)18/h7-8H,3-6,9H2,1-2H3,(H2,18,19). The first kappa shape index (κ1) is 14.3. The van der Waals surface area contributed by atoms with Crippen LogP contribution in [0.1, 0.15) is 19.8 Å². The number of benzene rings is 1. The number of nitrogens with two attached hydrogens (primary N) is 1. The Morgan fingerprint density at radius 3 is 2.62 bits per heavy atom. The zero-order valence-electron chi connectivity index (χ0n) is 12.4. The Morgan fingerprint density at radius 1 is 1.29 bits per heavy atom. The number of hydrogen-bond donors (Lipinski definition) is 1. The van der Waals surface area contributed by atoms with Crippen molar-refractivity contribution in [2.45, 2.75) is 26.3 Å². The zero-order chi connectivity index (χ0) is 15.2. The van der Waals surface area contributed by atoms with Crippen molar-refractivity contribution < 1.29 is 8.78 Å². The van der Waals surface area contributed by atoms with Crippen molar-refractivity contribution in [3.05, 3.63) is 23.8 Å². The summed E-state index contributed by atoms with van der Waals surface area (Å²) < 4.78 is 29.0. The molecule has 0 bridgehead atoms. The molecule has 1 aliphatic rings. The quantitative estimate of drug-likeness (QED) is 0.926. The van der Waals surface area contributed by atoms with E-state index in [4.69, 9.17) is 5.73 Å². The summed E-state index contributed by atoms with van der Waals surface area (Å²) in [5.41, 5.74) is 6.57. The van der Waals surface area contributed by atoms with Crippen molar-refractivity contribution in [1.29, 1.82) is 0 Å². The van der Waals surface area contributed by atoms with Gasteiger partial charge in [0.15, 0.2) is 5.82 Å². The minimum absolute atomic E-state index is 0.0665. The molecule has 0 amide bonds. The molecular weight excluding hydrogens is 274 g/mol. The molecule has 3 rings (SSSR count). The second-order valence-electron chi connectivity index (χ2n) is 6.43. The molecule has 2 heterocycles. The van der Waals surface area contributed by atoms with Crippen LogP contribution in [0.4, 0.5) is 14.7 Å². The number of hydrogen-bond acceptors (Lipinski definition) is 3. The minimum atomic E-state index is -0.663. The van der Waals surface area contributed by atoms with Gasteiger partial charge < -0.3 is 15.2 Å². The Morgan fingerprint density at radius 2 is 1.95 bits per heavy atom. The van der Waals surface area contributed by atoms with E-state index in [9.17, 15) is 8.78 Å². The maximum absolute atomic E-state index is 13.8. The molecule has 0 saturated carbocycles. The fourth-order valence-electron chi connectivity index (χ4n) is 3.03. The summed E-state index contributed by atoms with van der Waals surface area (Å²) in [5, 5.41) is 0. The number of halogens is 2. The van der Waals surface area contributed by atoms with E-state index in [0.717, 1.165) is 32.0 Å². The molecule has 1 saturated heterocycles. The Hall–Kier alpha value is -1.69. The highest BCUT2D eigenvalue weighted by Crippen LogP contribution is 2.34. The second kappa shape index (κ2) is 4.94. The van der Waals surface area contributed by atoms with E-state index in [1.165, 1.54) is 6.07 Å². The third-order valence-corrected chi connectivity index (χ3v) is 4.54. The molecule has 4 nitrogen and oxygen atoms in total. The minimum Gasteiger partial charge on any atom is -0.369 e. The van der Waals surface area contributed by atoms with Crippen molar-refractivity contribution >= 4 is 17.0 Å². The van der Waals surface area contributed by atoms with Crippen LogP contribution in [0.15, 0.2) is 12.1 Å². The fourth-order valence-corrected chi connectivity index (χ4v) is 3.03. The van der Waals surface area contributed by atoms with Gasteiger partial charge in [-0.1, -0.05) is 6.92 Å². The molecule has 0 aliphatic carbocycles. The van der Waals surface area contributed by atoms with Crippen molar-refractivity contribution in [3.63, 3.8) is 0 Å². The average Bonchev–Trinajstić information content (AvgIpc) is 2.71. The molecule has 0 radical (unpaired) electrons. The van der Waals surface area contributed by atoms with Crippen LogP contribution in [0.25, 0.3) is 11.0 Å². The topological polar surface area (TPSA) is 47.1 Å². The maximum Gasteiger partial charge on any atom is 0.201 e. The summed E-state index contributed by atoms with van der Waals surface area (Å²) in [5.74, 6) is -1.02. The molecule has 1 fully saturated rings. The largest absolute Gasteiger partial charge is 0.369 e. The number of nitrogens with zero attached hydrogens (tertiary/aromatic N) is 3. The lowest BCUT2D eigenvalue weighted by molar-refractivity contribution is 0.122. The first-order chi connectivity index (χ1) is 9.88. The number of likely N-dealkylation sites (tertiary alicyclic amines) is 1. The number of imidazole rings is 1. The van der Waals surface area contributed by atoms with E-state index in [0.29, 0.717) is 12.1 Å². The molecule has 0 atom stereocenters. The van der Waals surface area contributed by atoms with Gasteiger partial charge >= 0.3 is 0 Å². The van der Waals surface area contributed by atoms with Gasteiger partial charge in [-0.25, -0.2) is 13.8 Å². The van der Waals surface area contributed by atoms with Gasteiger partial charge in [-0.3, -0.25) is 0 Å². The van der Waals surface area contributed by atoms with Crippen LogP contribution in [0, 0.1) is 17.0 Å². The second-order valence-corrected chi connectivity index (χ2v) is 6.43. The summed E-state index contributed by atoms with van der Waals surface area (Å²) in [6, 6.07) is 2.15. The lowest BCUT2D eigenvalue weighted by Crippen LogP contribution is -2.38. The van der Waals surface area contributed by atoms with Gasteiger partial charge in [0.25, 0.3) is 0 Å². The number of anilines is 1. The molecule has 1 aromatic heterocycles. The van der Waals surface area contributed by atoms with Crippen molar-refractivity contribution in [1.82, 2.24) is 14.5 Å². The van der Waals surface area contributed by atoms with Gasteiger partial charge in [-0.15, -0.1) is 0 Å². The van der Waals surface area contributed by atoms with Gasteiger partial charge in [0.1, 0.15) is 11.3 Å². The monoisotopic (exact) mass is 294 g/mol. The van der Waals surface area contributed by atoms with Crippen LogP contribution in [-0.2, 0) is 6.54 Å². The van der Waals surface area contributed by atoms with E-state index in [-0.39, 0.29) is 16.9 Å². The van der Waals surface area contributed by atoms with Gasteiger partial charge in [0.05, 0.1) is 5.52 Å². The molecule has 21 heavy (non-hydrogen) atoms. The highest BCUT2D eigenvalue weighted by atomic mass is 19.1. The molecule has 0 spiro atoms. The van der Waals surface area contributed by atoms with Crippen LogP contribution in [0.3, 0.4) is 0 Å². The van der Waals surface area contributed by atoms with Crippen LogP contribution in [0.2, 0.25) is 0 Å². The Kier molecular flexibility index (Phi) is 3.36. The zero-order valence-corrected chi connectivity index (χ0v) is 12.4. The summed E-state index contributed by atoms with van der Waals surface area (Å²) in [6.45, 7) is 4.87. The third-order valence-electron chi connectivity index (χ3n) is 4.54. The number of fused-ring (bicyclic) bond motifs is 1. The molecule has 2 aromatic rings. The Balaban J connectivity index is 1.99. The van der Waals surface area contributed by atoms with E-state index in [1.54, 1.807) is 4.57 Å². The number of piperidine rings is 1. The molecule has 2 N–H and O–H groups in total. The fraction of sp³-hybridized carbons (Fsp3) is 0.533.